The second-order valence-electron chi connectivity index (χ2n) is 10.1. The molecule has 1 amide bonds. The molecule has 39 heavy (non-hydrogen) atoms. The fourth-order valence-electron chi connectivity index (χ4n) is 4.30. The third-order valence-electron chi connectivity index (χ3n) is 6.12. The van der Waals surface area contributed by atoms with Crippen LogP contribution in [0.2, 0.25) is 0 Å². The molecule has 2 aromatic carbocycles. The first kappa shape index (κ1) is 27.6. The molecule has 0 spiro atoms. The Hall–Kier alpha value is -4.46. The Balaban J connectivity index is 1.70. The molecule has 0 radical (unpaired) electrons. The number of aliphatic hydroxyl groups excluding tert-OH is 1. The number of carbonyl (C=O) groups excluding carboxylic acids is 3. The Morgan fingerprint density at radius 2 is 1.74 bits per heavy atom. The number of aromatic nitrogens is 1. The third kappa shape index (κ3) is 6.34. The number of nitrogens with zero attached hydrogens (tertiary/aromatic N) is 2. The van der Waals surface area contributed by atoms with Crippen molar-refractivity contribution in [1.82, 2.24) is 9.88 Å². The van der Waals surface area contributed by atoms with Gasteiger partial charge in [-0.05, 0) is 61.2 Å². The SMILES string of the molecule is CC(C)COc1cccc(/C(O)=C2\C(=O)C(=O)N(Cc3ccc(C(=O)OC(C)C)cc3)C2c2cccnc2)c1. The van der Waals surface area contributed by atoms with Crippen molar-refractivity contribution in [2.24, 2.45) is 5.92 Å². The fraction of sp³-hybridized carbons (Fsp3) is 0.290. The van der Waals surface area contributed by atoms with Gasteiger partial charge in [0.2, 0.25) is 0 Å². The van der Waals surface area contributed by atoms with Crippen molar-refractivity contribution in [2.75, 3.05) is 6.61 Å². The Labute approximate surface area is 227 Å². The van der Waals surface area contributed by atoms with E-state index in [1.54, 1.807) is 86.9 Å². The topological polar surface area (TPSA) is 106 Å². The molecule has 3 aromatic rings. The van der Waals surface area contributed by atoms with Crippen LogP contribution in [-0.2, 0) is 20.9 Å². The standard InChI is InChI=1S/C31H32N2O6/c1-19(2)18-38-25-9-5-7-23(15-25)28(34)26-27(24-8-6-14-32-16-24)33(30(36)29(26)35)17-21-10-12-22(13-11-21)31(37)39-20(3)4/h5-16,19-20,27,34H,17-18H2,1-4H3/b28-26+. The van der Waals surface area contributed by atoms with Crippen LogP contribution in [0.5, 0.6) is 5.75 Å². The first-order chi connectivity index (χ1) is 18.7. The number of benzene rings is 2. The number of esters is 1. The van der Waals surface area contributed by atoms with Gasteiger partial charge in [-0.1, -0.05) is 44.2 Å². The number of pyridine rings is 1. The lowest BCUT2D eigenvalue weighted by molar-refractivity contribution is -0.140. The summed E-state index contributed by atoms with van der Waals surface area (Å²) in [5.41, 5.74) is 2.03. The molecule has 0 aliphatic carbocycles. The van der Waals surface area contributed by atoms with Crippen LogP contribution in [0.15, 0.2) is 78.6 Å². The lowest BCUT2D eigenvalue weighted by atomic mass is 9.96. The Morgan fingerprint density at radius 1 is 1.00 bits per heavy atom. The normalized spacial score (nSPS) is 16.7. The molecule has 1 aliphatic heterocycles. The lowest BCUT2D eigenvalue weighted by Gasteiger charge is -2.25. The molecule has 8 nitrogen and oxygen atoms in total. The summed E-state index contributed by atoms with van der Waals surface area (Å²) in [6.07, 6.45) is 2.93. The van der Waals surface area contributed by atoms with Crippen LogP contribution in [0.25, 0.3) is 5.76 Å². The van der Waals surface area contributed by atoms with Gasteiger partial charge in [0.25, 0.3) is 11.7 Å². The van der Waals surface area contributed by atoms with Crippen LogP contribution in [0.1, 0.15) is 60.8 Å². The summed E-state index contributed by atoms with van der Waals surface area (Å²) in [7, 11) is 0. The number of Topliss-reactive ketones (excluding diaryl/α,β-unsaturated/α-hetero) is 1. The summed E-state index contributed by atoms with van der Waals surface area (Å²) in [6.45, 7) is 8.19. The summed E-state index contributed by atoms with van der Waals surface area (Å²) in [6, 6.07) is 16.1. The van der Waals surface area contributed by atoms with E-state index in [9.17, 15) is 19.5 Å². The molecule has 1 aliphatic rings. The zero-order valence-corrected chi connectivity index (χ0v) is 22.5. The van der Waals surface area contributed by atoms with E-state index in [0.717, 1.165) is 0 Å². The smallest absolute Gasteiger partial charge is 0.338 e. The van der Waals surface area contributed by atoms with E-state index >= 15 is 0 Å². The average molecular weight is 529 g/mol. The predicted octanol–water partition coefficient (Wildman–Crippen LogP) is 5.30. The van der Waals surface area contributed by atoms with Crippen molar-refractivity contribution in [3.05, 3.63) is 101 Å². The number of amides is 1. The van der Waals surface area contributed by atoms with Gasteiger partial charge in [-0.2, -0.15) is 0 Å². The van der Waals surface area contributed by atoms with E-state index in [2.05, 4.69) is 4.98 Å². The maximum atomic E-state index is 13.3. The van der Waals surface area contributed by atoms with Gasteiger partial charge in [-0.25, -0.2) is 4.79 Å². The molecule has 202 valence electrons. The van der Waals surface area contributed by atoms with E-state index in [4.69, 9.17) is 9.47 Å². The number of rotatable bonds is 9. The summed E-state index contributed by atoms with van der Waals surface area (Å²) >= 11 is 0. The molecule has 1 aromatic heterocycles. The molecule has 4 rings (SSSR count). The molecular formula is C31H32N2O6. The third-order valence-corrected chi connectivity index (χ3v) is 6.12. The van der Waals surface area contributed by atoms with Crippen LogP contribution >= 0.6 is 0 Å². The van der Waals surface area contributed by atoms with E-state index in [1.807, 2.05) is 13.8 Å². The second kappa shape index (κ2) is 11.9. The Kier molecular flexibility index (Phi) is 8.44. The van der Waals surface area contributed by atoms with E-state index in [0.29, 0.717) is 40.5 Å². The largest absolute Gasteiger partial charge is 0.507 e. The predicted molar refractivity (Wildman–Crippen MR) is 146 cm³/mol. The molecule has 0 bridgehead atoms. The van der Waals surface area contributed by atoms with E-state index in [-0.39, 0.29) is 24.0 Å². The minimum Gasteiger partial charge on any atom is -0.507 e. The zero-order chi connectivity index (χ0) is 28.1. The van der Waals surface area contributed by atoms with Crippen LogP contribution in [0, 0.1) is 5.92 Å². The number of hydrogen-bond donors (Lipinski definition) is 1. The minimum atomic E-state index is -0.857. The maximum Gasteiger partial charge on any atom is 0.338 e. The number of likely N-dealkylation sites (tertiary alicyclic amines) is 1. The number of ketones is 1. The van der Waals surface area contributed by atoms with Gasteiger partial charge in [0.05, 0.1) is 29.9 Å². The van der Waals surface area contributed by atoms with E-state index in [1.165, 1.54) is 4.90 Å². The number of hydrogen-bond acceptors (Lipinski definition) is 7. The highest BCUT2D eigenvalue weighted by Crippen LogP contribution is 2.40. The number of carbonyl (C=O) groups is 3. The highest BCUT2D eigenvalue weighted by molar-refractivity contribution is 6.46. The summed E-state index contributed by atoms with van der Waals surface area (Å²) in [5.74, 6) is -1.38. The van der Waals surface area contributed by atoms with Gasteiger partial charge in [-0.3, -0.25) is 14.6 Å². The first-order valence-electron chi connectivity index (χ1n) is 12.9. The molecule has 0 saturated carbocycles. The molecule has 1 saturated heterocycles. The van der Waals surface area contributed by atoms with Crippen LogP contribution in [0.3, 0.4) is 0 Å². The molecular weight excluding hydrogens is 496 g/mol. The molecule has 2 heterocycles. The van der Waals surface area contributed by atoms with Gasteiger partial charge < -0.3 is 19.5 Å². The highest BCUT2D eigenvalue weighted by Gasteiger charge is 2.46. The van der Waals surface area contributed by atoms with Gasteiger partial charge in [0, 0.05) is 24.5 Å². The molecule has 1 atom stereocenters. The molecule has 1 fully saturated rings. The van der Waals surface area contributed by atoms with Crippen molar-refractivity contribution < 1.29 is 29.0 Å². The van der Waals surface area contributed by atoms with E-state index < -0.39 is 23.7 Å². The van der Waals surface area contributed by atoms with Gasteiger partial charge in [-0.15, -0.1) is 0 Å². The number of ether oxygens (including phenoxy) is 2. The van der Waals surface area contributed by atoms with Crippen LogP contribution in [0.4, 0.5) is 0 Å². The fourth-order valence-corrected chi connectivity index (χ4v) is 4.30. The summed E-state index contributed by atoms with van der Waals surface area (Å²) < 4.78 is 11.0. The quantitative estimate of drug-likeness (QED) is 0.174. The van der Waals surface area contributed by atoms with Crippen molar-refractivity contribution in [3.63, 3.8) is 0 Å². The monoisotopic (exact) mass is 528 g/mol. The summed E-state index contributed by atoms with van der Waals surface area (Å²) in [4.78, 5) is 44.4. The van der Waals surface area contributed by atoms with Gasteiger partial charge in [0.1, 0.15) is 11.5 Å². The number of aliphatic hydroxyl groups is 1. The molecule has 8 heteroatoms. The van der Waals surface area contributed by atoms with Crippen LogP contribution in [-0.4, -0.2) is 45.4 Å². The highest BCUT2D eigenvalue weighted by atomic mass is 16.5. The Bertz CT molecular complexity index is 1380. The second-order valence-corrected chi connectivity index (χ2v) is 10.1. The average Bonchev–Trinajstić information content (AvgIpc) is 3.17. The molecule has 1 N–H and O–H groups in total. The van der Waals surface area contributed by atoms with Crippen molar-refractivity contribution in [2.45, 2.75) is 46.4 Å². The van der Waals surface area contributed by atoms with Crippen molar-refractivity contribution in [1.29, 1.82) is 0 Å². The maximum absolute atomic E-state index is 13.3. The Morgan fingerprint density at radius 3 is 2.38 bits per heavy atom. The summed E-state index contributed by atoms with van der Waals surface area (Å²) in [5, 5.41) is 11.3. The van der Waals surface area contributed by atoms with Crippen LogP contribution < -0.4 is 4.74 Å². The van der Waals surface area contributed by atoms with Gasteiger partial charge >= 0.3 is 5.97 Å². The van der Waals surface area contributed by atoms with Crippen molar-refractivity contribution in [3.8, 4) is 5.75 Å². The van der Waals surface area contributed by atoms with Crippen molar-refractivity contribution >= 4 is 23.4 Å². The zero-order valence-electron chi connectivity index (χ0n) is 22.5. The van der Waals surface area contributed by atoms with Gasteiger partial charge in [0.15, 0.2) is 0 Å². The molecule has 1 unspecified atom stereocenters. The lowest BCUT2D eigenvalue weighted by Crippen LogP contribution is -2.29. The first-order valence-corrected chi connectivity index (χ1v) is 12.9. The minimum absolute atomic E-state index is 0.0221.